The van der Waals surface area contributed by atoms with Crippen molar-refractivity contribution in [2.45, 2.75) is 20.5 Å². The lowest BCUT2D eigenvalue weighted by molar-refractivity contribution is 0.0442. The number of nitrogens with zero attached hydrogens (tertiary/aromatic N) is 1. The molecule has 0 radical (unpaired) electrons. The van der Waals surface area contributed by atoms with Gasteiger partial charge < -0.3 is 14.0 Å². The fourth-order valence-corrected chi connectivity index (χ4v) is 1.75. The summed E-state index contributed by atoms with van der Waals surface area (Å²) in [5.41, 5.74) is 0.689. The van der Waals surface area contributed by atoms with Gasteiger partial charge in [-0.3, -0.25) is 0 Å². The van der Waals surface area contributed by atoms with Crippen LogP contribution in [0.1, 0.15) is 39.1 Å². The number of carbonyl (C=O) groups excluding carboxylic acids is 2. The van der Waals surface area contributed by atoms with Gasteiger partial charge in [0.2, 0.25) is 5.69 Å². The summed E-state index contributed by atoms with van der Waals surface area (Å²) < 4.78 is 14.9. The summed E-state index contributed by atoms with van der Waals surface area (Å²) in [6.45, 7) is 3.49. The van der Waals surface area contributed by atoms with Crippen molar-refractivity contribution in [2.75, 3.05) is 6.61 Å². The summed E-state index contributed by atoms with van der Waals surface area (Å²) in [6.07, 6.45) is 0. The standard InChI is InChI=1S/C15H15NO5/c1-3-19-15(18)13-12(10(2)21-16-13)14(17)20-9-11-7-5-4-6-8-11/h4-8H,3,9H2,1-2H3. The van der Waals surface area contributed by atoms with Crippen LogP contribution in [0.15, 0.2) is 34.9 Å². The Morgan fingerprint density at radius 3 is 2.52 bits per heavy atom. The van der Waals surface area contributed by atoms with Gasteiger partial charge in [-0.25, -0.2) is 9.59 Å². The van der Waals surface area contributed by atoms with E-state index in [0.29, 0.717) is 0 Å². The van der Waals surface area contributed by atoms with E-state index in [4.69, 9.17) is 14.0 Å². The Hall–Kier alpha value is -2.63. The second-order valence-electron chi connectivity index (χ2n) is 4.24. The van der Waals surface area contributed by atoms with Gasteiger partial charge in [-0.05, 0) is 19.4 Å². The van der Waals surface area contributed by atoms with Crippen LogP contribution in [0.2, 0.25) is 0 Å². The number of rotatable bonds is 5. The molecule has 1 aromatic carbocycles. The highest BCUT2D eigenvalue weighted by molar-refractivity contribution is 6.02. The van der Waals surface area contributed by atoms with E-state index in [0.717, 1.165) is 5.56 Å². The molecule has 6 heteroatoms. The van der Waals surface area contributed by atoms with Crippen molar-refractivity contribution in [3.05, 3.63) is 52.9 Å². The summed E-state index contributed by atoms with van der Waals surface area (Å²) in [5, 5.41) is 3.56. The quantitative estimate of drug-likeness (QED) is 0.787. The summed E-state index contributed by atoms with van der Waals surface area (Å²) in [4.78, 5) is 23.8. The molecule has 0 aliphatic heterocycles. The Morgan fingerprint density at radius 2 is 1.86 bits per heavy atom. The molecule has 2 aromatic rings. The van der Waals surface area contributed by atoms with Crippen molar-refractivity contribution in [1.29, 1.82) is 0 Å². The van der Waals surface area contributed by atoms with Gasteiger partial charge in [-0.2, -0.15) is 0 Å². The zero-order chi connectivity index (χ0) is 15.2. The number of aromatic nitrogens is 1. The van der Waals surface area contributed by atoms with E-state index in [1.54, 1.807) is 6.92 Å². The van der Waals surface area contributed by atoms with Crippen LogP contribution in [0.3, 0.4) is 0 Å². The highest BCUT2D eigenvalue weighted by Gasteiger charge is 2.27. The molecular formula is C15H15NO5. The van der Waals surface area contributed by atoms with Crippen LogP contribution in [0.25, 0.3) is 0 Å². The van der Waals surface area contributed by atoms with Crippen LogP contribution < -0.4 is 0 Å². The first kappa shape index (κ1) is 14.8. The van der Waals surface area contributed by atoms with Crippen molar-refractivity contribution in [3.63, 3.8) is 0 Å². The Kier molecular flexibility index (Phi) is 4.71. The third-order valence-corrected chi connectivity index (χ3v) is 2.75. The highest BCUT2D eigenvalue weighted by atomic mass is 16.5. The van der Waals surface area contributed by atoms with E-state index in [2.05, 4.69) is 5.16 Å². The van der Waals surface area contributed by atoms with E-state index >= 15 is 0 Å². The SMILES string of the molecule is CCOC(=O)c1noc(C)c1C(=O)OCc1ccccc1. The van der Waals surface area contributed by atoms with Gasteiger partial charge in [0.1, 0.15) is 17.9 Å². The minimum atomic E-state index is -0.707. The Balaban J connectivity index is 2.12. The van der Waals surface area contributed by atoms with Crippen LogP contribution in [-0.2, 0) is 16.1 Å². The van der Waals surface area contributed by atoms with E-state index in [1.165, 1.54) is 6.92 Å². The number of ether oxygens (including phenoxy) is 2. The number of benzene rings is 1. The smallest absolute Gasteiger partial charge is 0.361 e. The van der Waals surface area contributed by atoms with E-state index < -0.39 is 11.9 Å². The summed E-state index contributed by atoms with van der Waals surface area (Å²) in [7, 11) is 0. The molecule has 0 aliphatic carbocycles. The molecule has 1 aromatic heterocycles. The molecule has 0 unspecified atom stereocenters. The van der Waals surface area contributed by atoms with E-state index in [1.807, 2.05) is 30.3 Å². The topological polar surface area (TPSA) is 78.6 Å². The summed E-state index contributed by atoms with van der Waals surface area (Å²) in [6, 6.07) is 9.23. The predicted molar refractivity (Wildman–Crippen MR) is 72.8 cm³/mol. The minimum absolute atomic E-state index is 0.00406. The first-order chi connectivity index (χ1) is 10.1. The molecule has 0 fully saturated rings. The van der Waals surface area contributed by atoms with Crippen LogP contribution in [-0.4, -0.2) is 23.7 Å². The second kappa shape index (κ2) is 6.69. The van der Waals surface area contributed by atoms with Gasteiger partial charge in [0.15, 0.2) is 0 Å². The molecule has 110 valence electrons. The van der Waals surface area contributed by atoms with Crippen molar-refractivity contribution in [1.82, 2.24) is 5.16 Å². The van der Waals surface area contributed by atoms with Crippen molar-refractivity contribution < 1.29 is 23.6 Å². The molecule has 0 bridgehead atoms. The number of hydrogen-bond acceptors (Lipinski definition) is 6. The Labute approximate surface area is 121 Å². The molecule has 0 atom stereocenters. The molecule has 0 spiro atoms. The minimum Gasteiger partial charge on any atom is -0.461 e. The molecule has 0 saturated heterocycles. The lowest BCUT2D eigenvalue weighted by Crippen LogP contribution is -2.14. The van der Waals surface area contributed by atoms with Gasteiger partial charge in [0.25, 0.3) is 0 Å². The molecule has 21 heavy (non-hydrogen) atoms. The fourth-order valence-electron chi connectivity index (χ4n) is 1.75. The van der Waals surface area contributed by atoms with Gasteiger partial charge in [-0.1, -0.05) is 35.5 Å². The lowest BCUT2D eigenvalue weighted by Gasteiger charge is -2.05. The first-order valence-corrected chi connectivity index (χ1v) is 6.48. The average Bonchev–Trinajstić information content (AvgIpc) is 2.88. The average molecular weight is 289 g/mol. The van der Waals surface area contributed by atoms with Gasteiger partial charge in [0, 0.05) is 0 Å². The van der Waals surface area contributed by atoms with Crippen molar-refractivity contribution >= 4 is 11.9 Å². The normalized spacial score (nSPS) is 10.2. The number of esters is 2. The second-order valence-corrected chi connectivity index (χ2v) is 4.24. The number of hydrogen-bond donors (Lipinski definition) is 0. The molecule has 0 N–H and O–H groups in total. The number of aryl methyl sites for hydroxylation is 1. The summed E-state index contributed by atoms with van der Waals surface area (Å²) in [5.74, 6) is -1.15. The molecule has 0 aliphatic rings. The first-order valence-electron chi connectivity index (χ1n) is 6.48. The molecule has 6 nitrogen and oxygen atoms in total. The number of carbonyl (C=O) groups is 2. The Bertz CT molecular complexity index is 633. The van der Waals surface area contributed by atoms with Crippen LogP contribution in [0.5, 0.6) is 0 Å². The van der Waals surface area contributed by atoms with Gasteiger partial charge in [0.05, 0.1) is 6.61 Å². The third-order valence-electron chi connectivity index (χ3n) is 2.75. The molecule has 1 heterocycles. The zero-order valence-corrected chi connectivity index (χ0v) is 11.8. The highest BCUT2D eigenvalue weighted by Crippen LogP contribution is 2.16. The Morgan fingerprint density at radius 1 is 1.14 bits per heavy atom. The van der Waals surface area contributed by atoms with E-state index in [-0.39, 0.29) is 30.2 Å². The van der Waals surface area contributed by atoms with Crippen molar-refractivity contribution in [3.8, 4) is 0 Å². The predicted octanol–water partition coefficient (Wildman–Crippen LogP) is 2.52. The zero-order valence-electron chi connectivity index (χ0n) is 11.8. The molecule has 0 saturated carbocycles. The van der Waals surface area contributed by atoms with Crippen LogP contribution in [0, 0.1) is 6.92 Å². The lowest BCUT2D eigenvalue weighted by atomic mass is 10.2. The van der Waals surface area contributed by atoms with Crippen LogP contribution >= 0.6 is 0 Å². The molecule has 0 amide bonds. The van der Waals surface area contributed by atoms with Crippen molar-refractivity contribution in [2.24, 2.45) is 0 Å². The molecule has 2 rings (SSSR count). The molecular weight excluding hydrogens is 274 g/mol. The largest absolute Gasteiger partial charge is 0.461 e. The maximum absolute atomic E-state index is 12.1. The van der Waals surface area contributed by atoms with Gasteiger partial charge >= 0.3 is 11.9 Å². The van der Waals surface area contributed by atoms with Crippen LogP contribution in [0.4, 0.5) is 0 Å². The van der Waals surface area contributed by atoms with Gasteiger partial charge in [-0.15, -0.1) is 0 Å². The third kappa shape index (κ3) is 3.47. The fraction of sp³-hybridized carbons (Fsp3) is 0.267. The monoisotopic (exact) mass is 289 g/mol. The maximum atomic E-state index is 12.1. The van der Waals surface area contributed by atoms with E-state index in [9.17, 15) is 9.59 Å². The summed E-state index contributed by atoms with van der Waals surface area (Å²) >= 11 is 0. The maximum Gasteiger partial charge on any atom is 0.361 e.